The van der Waals surface area contributed by atoms with Crippen LogP contribution in [-0.2, 0) is 7.05 Å². The van der Waals surface area contributed by atoms with Crippen molar-refractivity contribution in [1.82, 2.24) is 9.55 Å². The van der Waals surface area contributed by atoms with E-state index in [1.165, 1.54) is 27.7 Å². The number of thioether (sulfide) groups is 1. The minimum absolute atomic E-state index is 0.0219. The van der Waals surface area contributed by atoms with Gasteiger partial charge in [-0.15, -0.1) is 11.3 Å². The second-order valence-electron chi connectivity index (χ2n) is 5.02. The van der Waals surface area contributed by atoms with E-state index in [0.717, 1.165) is 0 Å². The van der Waals surface area contributed by atoms with Gasteiger partial charge in [0, 0.05) is 17.6 Å². The van der Waals surface area contributed by atoms with Gasteiger partial charge in [0.2, 0.25) is 0 Å². The van der Waals surface area contributed by atoms with Crippen molar-refractivity contribution in [2.24, 2.45) is 7.05 Å². The zero-order valence-electron chi connectivity index (χ0n) is 12.4. The highest BCUT2D eigenvalue weighted by Crippen LogP contribution is 2.26. The van der Waals surface area contributed by atoms with Crippen molar-refractivity contribution < 1.29 is 4.79 Å². The largest absolute Gasteiger partial charge is 0.293 e. The lowest BCUT2D eigenvalue weighted by atomic mass is 10.1. The number of Topliss-reactive ketones (excluding diaryl/α,β-unsaturated/α-hetero) is 1. The number of thiophene rings is 1. The van der Waals surface area contributed by atoms with E-state index in [1.807, 2.05) is 18.4 Å². The zero-order chi connectivity index (χ0) is 16.6. The standard InChI is InChI=1S/C16H13ClN2O2S2/c1-9(13(20)10-3-5-11(17)6-4-10)23-16-18-12-7-8-22-14(12)15(21)19(16)2/h3-9H,1-2H3/t9-/m0/s1. The summed E-state index contributed by atoms with van der Waals surface area (Å²) in [5.41, 5.74) is 1.18. The third kappa shape index (κ3) is 3.20. The summed E-state index contributed by atoms with van der Waals surface area (Å²) < 4.78 is 2.13. The second kappa shape index (κ2) is 6.47. The summed E-state index contributed by atoms with van der Waals surface area (Å²) in [5.74, 6) is -0.0219. The molecule has 4 nitrogen and oxygen atoms in total. The number of carbonyl (C=O) groups excluding carboxylic acids is 1. The Labute approximate surface area is 146 Å². The Morgan fingerprint density at radius 2 is 2.00 bits per heavy atom. The predicted molar refractivity (Wildman–Crippen MR) is 96.0 cm³/mol. The van der Waals surface area contributed by atoms with E-state index in [2.05, 4.69) is 4.98 Å². The van der Waals surface area contributed by atoms with Gasteiger partial charge in [-0.25, -0.2) is 4.98 Å². The Hall–Kier alpha value is -1.63. The minimum atomic E-state index is -0.356. The number of fused-ring (bicyclic) bond motifs is 1. The number of aromatic nitrogens is 2. The van der Waals surface area contributed by atoms with Crippen LogP contribution in [0.25, 0.3) is 10.2 Å². The first kappa shape index (κ1) is 16.2. The molecule has 2 aromatic heterocycles. The first-order valence-electron chi connectivity index (χ1n) is 6.88. The van der Waals surface area contributed by atoms with Crippen molar-refractivity contribution in [2.75, 3.05) is 0 Å². The SMILES string of the molecule is C[C@H](Sc1nc2ccsc2c(=O)n1C)C(=O)c1ccc(Cl)cc1. The van der Waals surface area contributed by atoms with E-state index in [0.29, 0.717) is 26.0 Å². The van der Waals surface area contributed by atoms with Crippen molar-refractivity contribution in [3.05, 3.63) is 56.7 Å². The maximum absolute atomic E-state index is 12.5. The number of benzene rings is 1. The number of hydrogen-bond donors (Lipinski definition) is 0. The van der Waals surface area contributed by atoms with Gasteiger partial charge < -0.3 is 0 Å². The first-order chi connectivity index (χ1) is 11.0. The molecule has 23 heavy (non-hydrogen) atoms. The Bertz CT molecular complexity index is 931. The molecular weight excluding hydrogens is 352 g/mol. The van der Waals surface area contributed by atoms with Gasteiger partial charge >= 0.3 is 0 Å². The molecule has 0 saturated heterocycles. The lowest BCUT2D eigenvalue weighted by Crippen LogP contribution is -2.21. The van der Waals surface area contributed by atoms with E-state index in [-0.39, 0.29) is 16.6 Å². The van der Waals surface area contributed by atoms with E-state index >= 15 is 0 Å². The maximum atomic E-state index is 12.5. The smallest absolute Gasteiger partial charge is 0.271 e. The third-order valence-corrected chi connectivity index (χ3v) is 5.71. The molecule has 2 heterocycles. The average Bonchev–Trinajstić information content (AvgIpc) is 3.00. The fourth-order valence-electron chi connectivity index (χ4n) is 2.13. The molecule has 0 aliphatic heterocycles. The summed E-state index contributed by atoms with van der Waals surface area (Å²) in [6, 6.07) is 8.61. The van der Waals surface area contributed by atoms with Gasteiger partial charge in [0.25, 0.3) is 5.56 Å². The van der Waals surface area contributed by atoms with Gasteiger partial charge in [0.15, 0.2) is 10.9 Å². The number of carbonyl (C=O) groups is 1. The number of rotatable bonds is 4. The molecular formula is C16H13ClN2O2S2. The topological polar surface area (TPSA) is 52.0 Å². The monoisotopic (exact) mass is 364 g/mol. The summed E-state index contributed by atoms with van der Waals surface area (Å²) in [7, 11) is 1.68. The van der Waals surface area contributed by atoms with Crippen LogP contribution >= 0.6 is 34.7 Å². The highest BCUT2D eigenvalue weighted by molar-refractivity contribution is 8.00. The first-order valence-corrected chi connectivity index (χ1v) is 9.02. The van der Waals surface area contributed by atoms with Crippen LogP contribution < -0.4 is 5.56 Å². The predicted octanol–water partition coefficient (Wildman–Crippen LogP) is 4.01. The summed E-state index contributed by atoms with van der Waals surface area (Å²) >= 11 is 8.50. The Morgan fingerprint density at radius 1 is 1.30 bits per heavy atom. The van der Waals surface area contributed by atoms with Crippen LogP contribution in [0.2, 0.25) is 5.02 Å². The third-order valence-electron chi connectivity index (χ3n) is 3.43. The second-order valence-corrected chi connectivity index (χ2v) is 7.69. The lowest BCUT2D eigenvalue weighted by molar-refractivity contribution is 0.0994. The summed E-state index contributed by atoms with van der Waals surface area (Å²) in [6.07, 6.45) is 0. The average molecular weight is 365 g/mol. The van der Waals surface area contributed by atoms with Crippen molar-refractivity contribution >= 4 is 50.7 Å². The molecule has 0 N–H and O–H groups in total. The van der Waals surface area contributed by atoms with Crippen LogP contribution in [0.5, 0.6) is 0 Å². The molecule has 0 fully saturated rings. The van der Waals surface area contributed by atoms with E-state index in [1.54, 1.807) is 31.3 Å². The quantitative estimate of drug-likeness (QED) is 0.398. The highest BCUT2D eigenvalue weighted by atomic mass is 35.5. The van der Waals surface area contributed by atoms with Crippen LogP contribution in [0.4, 0.5) is 0 Å². The van der Waals surface area contributed by atoms with Crippen LogP contribution in [0.1, 0.15) is 17.3 Å². The molecule has 0 radical (unpaired) electrons. The van der Waals surface area contributed by atoms with E-state index < -0.39 is 0 Å². The lowest BCUT2D eigenvalue weighted by Gasteiger charge is -2.12. The molecule has 0 unspecified atom stereocenters. The van der Waals surface area contributed by atoms with Crippen LogP contribution in [0, 0.1) is 0 Å². The molecule has 7 heteroatoms. The summed E-state index contributed by atoms with van der Waals surface area (Å²) in [6.45, 7) is 1.81. The molecule has 3 aromatic rings. The fourth-order valence-corrected chi connectivity index (χ4v) is 4.02. The Morgan fingerprint density at radius 3 is 2.70 bits per heavy atom. The van der Waals surface area contributed by atoms with E-state index in [4.69, 9.17) is 11.6 Å². The number of hydrogen-bond acceptors (Lipinski definition) is 5. The molecule has 1 aromatic carbocycles. The van der Waals surface area contributed by atoms with Crippen molar-refractivity contribution in [1.29, 1.82) is 0 Å². The Balaban J connectivity index is 1.89. The van der Waals surface area contributed by atoms with Crippen LogP contribution in [0.3, 0.4) is 0 Å². The van der Waals surface area contributed by atoms with Crippen molar-refractivity contribution in [3.63, 3.8) is 0 Å². The van der Waals surface area contributed by atoms with Gasteiger partial charge in [-0.05, 0) is 42.6 Å². The minimum Gasteiger partial charge on any atom is -0.293 e. The molecule has 0 spiro atoms. The molecule has 0 amide bonds. The van der Waals surface area contributed by atoms with Crippen molar-refractivity contribution in [2.45, 2.75) is 17.3 Å². The molecule has 0 bridgehead atoms. The van der Waals surface area contributed by atoms with Crippen LogP contribution in [-0.4, -0.2) is 20.6 Å². The summed E-state index contributed by atoms with van der Waals surface area (Å²) in [5, 5.41) is 2.62. The van der Waals surface area contributed by atoms with Gasteiger partial charge in [-0.1, -0.05) is 23.4 Å². The van der Waals surface area contributed by atoms with Crippen LogP contribution in [0.15, 0.2) is 45.7 Å². The molecule has 118 valence electrons. The van der Waals surface area contributed by atoms with Crippen molar-refractivity contribution in [3.8, 4) is 0 Å². The highest BCUT2D eigenvalue weighted by Gasteiger charge is 2.19. The number of ketones is 1. The zero-order valence-corrected chi connectivity index (χ0v) is 14.8. The maximum Gasteiger partial charge on any atom is 0.271 e. The van der Waals surface area contributed by atoms with Gasteiger partial charge in [0.05, 0.1) is 10.8 Å². The normalized spacial score (nSPS) is 12.5. The van der Waals surface area contributed by atoms with Gasteiger partial charge in [-0.3, -0.25) is 14.2 Å². The van der Waals surface area contributed by atoms with E-state index in [9.17, 15) is 9.59 Å². The summed E-state index contributed by atoms with van der Waals surface area (Å²) in [4.78, 5) is 29.3. The van der Waals surface area contributed by atoms with Gasteiger partial charge in [-0.2, -0.15) is 0 Å². The van der Waals surface area contributed by atoms with Gasteiger partial charge in [0.1, 0.15) is 4.70 Å². The number of halogens is 1. The molecule has 1 atom stereocenters. The molecule has 0 saturated carbocycles. The fraction of sp³-hybridized carbons (Fsp3) is 0.188. The molecule has 0 aliphatic rings. The number of nitrogens with zero attached hydrogens (tertiary/aromatic N) is 2. The molecule has 0 aliphatic carbocycles. The molecule has 3 rings (SSSR count). The Kier molecular flexibility index (Phi) is 4.57.